The van der Waals surface area contributed by atoms with Gasteiger partial charge in [0.25, 0.3) is 0 Å². The van der Waals surface area contributed by atoms with Gasteiger partial charge in [-0.05, 0) is 24.6 Å². The molecular weight excluding hydrogens is 234 g/mol. The number of guanidine groups is 1. The van der Waals surface area contributed by atoms with E-state index in [4.69, 9.17) is 11.6 Å². The topological polar surface area (TPSA) is 18.8 Å². The van der Waals surface area contributed by atoms with E-state index in [2.05, 4.69) is 40.1 Å². The second-order valence-corrected chi connectivity index (χ2v) is 4.68. The Kier molecular flexibility index (Phi) is 2.56. The molecule has 0 spiro atoms. The average Bonchev–Trinajstić information content (AvgIpc) is 2.77. The van der Waals surface area contributed by atoms with Crippen molar-refractivity contribution in [1.29, 1.82) is 0 Å². The molecule has 2 aliphatic heterocycles. The lowest BCUT2D eigenvalue weighted by molar-refractivity contribution is 0.587. The van der Waals surface area contributed by atoms with Crippen LogP contribution < -0.4 is 4.90 Å². The Morgan fingerprint density at radius 2 is 2.24 bits per heavy atom. The van der Waals surface area contributed by atoms with Crippen molar-refractivity contribution >= 4 is 23.2 Å². The Hall–Kier alpha value is -1.48. The van der Waals surface area contributed by atoms with E-state index in [0.717, 1.165) is 36.3 Å². The van der Waals surface area contributed by atoms with Crippen LogP contribution in [0.25, 0.3) is 0 Å². The van der Waals surface area contributed by atoms with Gasteiger partial charge in [-0.1, -0.05) is 23.7 Å². The third kappa shape index (κ3) is 1.71. The lowest BCUT2D eigenvalue weighted by atomic mass is 10.1. The highest BCUT2D eigenvalue weighted by Crippen LogP contribution is 2.31. The summed E-state index contributed by atoms with van der Waals surface area (Å²) in [5, 5.41) is 0.787. The first-order valence-corrected chi connectivity index (χ1v) is 6.15. The Labute approximate surface area is 106 Å². The highest BCUT2D eigenvalue weighted by molar-refractivity contribution is 6.34. The van der Waals surface area contributed by atoms with Crippen LogP contribution in [0.2, 0.25) is 5.02 Å². The molecule has 3 rings (SSSR count). The third-order valence-corrected chi connectivity index (χ3v) is 3.43. The van der Waals surface area contributed by atoms with Crippen LogP contribution in [0.5, 0.6) is 0 Å². The molecule has 0 saturated carbocycles. The molecule has 0 aliphatic carbocycles. The van der Waals surface area contributed by atoms with E-state index in [0.29, 0.717) is 0 Å². The summed E-state index contributed by atoms with van der Waals surface area (Å²) in [6, 6.07) is 6.00. The Morgan fingerprint density at radius 1 is 1.35 bits per heavy atom. The number of hydrogen-bond acceptors (Lipinski definition) is 3. The van der Waals surface area contributed by atoms with Crippen LogP contribution in [0.3, 0.4) is 0 Å². The summed E-state index contributed by atoms with van der Waals surface area (Å²) in [5.41, 5.74) is 2.26. The molecule has 17 heavy (non-hydrogen) atoms. The minimum absolute atomic E-state index is 0.787. The summed E-state index contributed by atoms with van der Waals surface area (Å²) in [4.78, 5) is 8.91. The molecule has 0 unspecified atom stereocenters. The highest BCUT2D eigenvalue weighted by atomic mass is 35.5. The van der Waals surface area contributed by atoms with Crippen LogP contribution in [-0.4, -0.2) is 30.5 Å². The minimum Gasteiger partial charge on any atom is -0.317 e. The van der Waals surface area contributed by atoms with E-state index in [9.17, 15) is 0 Å². The van der Waals surface area contributed by atoms with Gasteiger partial charge in [0, 0.05) is 19.3 Å². The molecule has 0 N–H and O–H groups in total. The van der Waals surface area contributed by atoms with E-state index in [1.807, 2.05) is 12.1 Å². The van der Waals surface area contributed by atoms with E-state index in [-0.39, 0.29) is 0 Å². The van der Waals surface area contributed by atoms with Gasteiger partial charge in [-0.15, -0.1) is 0 Å². The van der Waals surface area contributed by atoms with Crippen LogP contribution in [0, 0.1) is 6.92 Å². The van der Waals surface area contributed by atoms with Gasteiger partial charge in [0.05, 0.1) is 17.3 Å². The molecule has 1 aromatic carbocycles. The van der Waals surface area contributed by atoms with E-state index >= 15 is 0 Å². The lowest BCUT2D eigenvalue weighted by Crippen LogP contribution is -2.43. The summed E-state index contributed by atoms with van der Waals surface area (Å²) in [6.07, 6.45) is 4.25. The summed E-state index contributed by atoms with van der Waals surface area (Å²) >= 11 is 6.31. The summed E-state index contributed by atoms with van der Waals surface area (Å²) in [6.45, 7) is 4.74. The van der Waals surface area contributed by atoms with Crippen molar-refractivity contribution in [2.24, 2.45) is 4.99 Å². The number of anilines is 1. The zero-order valence-electron chi connectivity index (χ0n) is 9.73. The van der Waals surface area contributed by atoms with Crippen LogP contribution in [0.4, 0.5) is 5.69 Å². The number of halogens is 1. The maximum absolute atomic E-state index is 6.31. The van der Waals surface area contributed by atoms with E-state index < -0.39 is 0 Å². The average molecular weight is 248 g/mol. The van der Waals surface area contributed by atoms with Crippen molar-refractivity contribution in [3.8, 4) is 0 Å². The van der Waals surface area contributed by atoms with E-state index in [1.54, 1.807) is 0 Å². The quantitative estimate of drug-likeness (QED) is 0.760. The molecule has 0 fully saturated rings. The SMILES string of the molecule is Cc1cccc(Cl)c1N1CC=CN2CCN=C21. The molecule has 1 aromatic rings. The number of nitrogens with zero attached hydrogens (tertiary/aromatic N) is 3. The van der Waals surface area contributed by atoms with Gasteiger partial charge in [-0.25, -0.2) is 0 Å². The smallest absolute Gasteiger partial charge is 0.205 e. The van der Waals surface area contributed by atoms with Gasteiger partial charge in [-0.3, -0.25) is 4.99 Å². The van der Waals surface area contributed by atoms with Crippen molar-refractivity contribution in [3.05, 3.63) is 41.1 Å². The van der Waals surface area contributed by atoms with Gasteiger partial charge >= 0.3 is 0 Å². The van der Waals surface area contributed by atoms with Crippen LogP contribution >= 0.6 is 11.6 Å². The maximum Gasteiger partial charge on any atom is 0.205 e. The largest absolute Gasteiger partial charge is 0.317 e. The number of para-hydroxylation sites is 1. The third-order valence-electron chi connectivity index (χ3n) is 3.12. The standard InChI is InChI=1S/C13H14ClN3/c1-10-4-2-5-11(14)12(10)17-8-3-7-16-9-6-15-13(16)17/h2-5,7H,6,8-9H2,1H3. The molecule has 2 heterocycles. The number of fused-ring (bicyclic) bond motifs is 1. The molecule has 4 heteroatoms. The van der Waals surface area contributed by atoms with Gasteiger partial charge in [0.2, 0.25) is 5.96 Å². The van der Waals surface area contributed by atoms with Crippen LogP contribution in [-0.2, 0) is 0 Å². The van der Waals surface area contributed by atoms with Crippen molar-refractivity contribution in [1.82, 2.24) is 4.90 Å². The fraction of sp³-hybridized carbons (Fsp3) is 0.308. The van der Waals surface area contributed by atoms with Crippen molar-refractivity contribution < 1.29 is 0 Å². The number of rotatable bonds is 1. The summed E-state index contributed by atoms with van der Waals surface area (Å²) < 4.78 is 0. The van der Waals surface area contributed by atoms with Gasteiger partial charge in [-0.2, -0.15) is 0 Å². The van der Waals surface area contributed by atoms with Crippen molar-refractivity contribution in [2.45, 2.75) is 6.92 Å². The number of hydrogen-bond donors (Lipinski definition) is 0. The van der Waals surface area contributed by atoms with Crippen LogP contribution in [0.1, 0.15) is 5.56 Å². The maximum atomic E-state index is 6.31. The molecule has 88 valence electrons. The summed E-state index contributed by atoms with van der Waals surface area (Å²) in [5.74, 6) is 1.02. The van der Waals surface area contributed by atoms with Gasteiger partial charge in [0.15, 0.2) is 0 Å². The van der Waals surface area contributed by atoms with E-state index in [1.165, 1.54) is 5.56 Å². The predicted octanol–water partition coefficient (Wildman–Crippen LogP) is 2.65. The zero-order valence-corrected chi connectivity index (χ0v) is 10.5. The molecule has 0 atom stereocenters. The molecule has 0 bridgehead atoms. The predicted molar refractivity (Wildman–Crippen MR) is 71.7 cm³/mol. The van der Waals surface area contributed by atoms with Gasteiger partial charge < -0.3 is 9.80 Å². The minimum atomic E-state index is 0.787. The number of benzene rings is 1. The molecule has 0 radical (unpaired) electrons. The molecule has 3 nitrogen and oxygen atoms in total. The first kappa shape index (κ1) is 10.7. The first-order chi connectivity index (χ1) is 8.27. The Bertz CT molecular complexity index is 487. The van der Waals surface area contributed by atoms with Gasteiger partial charge in [0.1, 0.15) is 0 Å². The Balaban J connectivity index is 2.07. The molecular formula is C13H14ClN3. The van der Waals surface area contributed by atoms with Crippen LogP contribution in [0.15, 0.2) is 35.5 Å². The molecule has 0 amide bonds. The second kappa shape index (κ2) is 4.08. The molecule has 2 aliphatic rings. The Morgan fingerprint density at radius 3 is 3.06 bits per heavy atom. The molecule has 0 saturated heterocycles. The number of aryl methyl sites for hydroxylation is 1. The normalized spacial score (nSPS) is 18.4. The van der Waals surface area contributed by atoms with Crippen molar-refractivity contribution in [3.63, 3.8) is 0 Å². The lowest BCUT2D eigenvalue weighted by Gasteiger charge is -2.33. The number of aliphatic imine (C=N–C) groups is 1. The second-order valence-electron chi connectivity index (χ2n) is 4.28. The van der Waals surface area contributed by atoms with Crippen molar-refractivity contribution in [2.75, 3.05) is 24.5 Å². The first-order valence-electron chi connectivity index (χ1n) is 5.78. The fourth-order valence-corrected chi connectivity index (χ4v) is 2.67. The monoisotopic (exact) mass is 247 g/mol. The summed E-state index contributed by atoms with van der Waals surface area (Å²) in [7, 11) is 0. The molecule has 0 aromatic heterocycles. The highest BCUT2D eigenvalue weighted by Gasteiger charge is 2.26. The fourth-order valence-electron chi connectivity index (χ4n) is 2.35. The zero-order chi connectivity index (χ0) is 11.8.